The molecule has 4 rings (SSSR count). The molecule has 176 valence electrons. The van der Waals surface area contributed by atoms with E-state index in [0.717, 1.165) is 12.1 Å². The maximum Gasteiger partial charge on any atom is 0.262 e. The normalized spacial score (nSPS) is 11.7. The van der Waals surface area contributed by atoms with E-state index in [9.17, 15) is 17.6 Å². The molecule has 2 aromatic heterocycles. The van der Waals surface area contributed by atoms with Crippen molar-refractivity contribution < 1.29 is 22.3 Å². The SMILES string of the molecule is COc1ccc(C(=O)c2cn(C(C)C)c3ncnc(N)c23)cc1NS(=O)(=O)c1cccc(F)c1. The van der Waals surface area contributed by atoms with Gasteiger partial charge in [-0.05, 0) is 50.2 Å². The zero-order valence-electron chi connectivity index (χ0n) is 18.6. The fourth-order valence-corrected chi connectivity index (χ4v) is 4.69. The molecule has 0 aliphatic rings. The van der Waals surface area contributed by atoms with E-state index in [1.807, 2.05) is 18.4 Å². The third-order valence-corrected chi connectivity index (χ3v) is 6.62. The standard InChI is InChI=1S/C23H22FN5O4S/c1-13(2)29-11-17(20-22(25)26-12-27-23(20)29)21(30)14-7-8-19(33-3)18(9-14)28-34(31,32)16-6-4-5-15(24)10-16/h4-13,28H,1-3H3,(H2,25,26,27). The first-order valence-electron chi connectivity index (χ1n) is 10.2. The molecule has 11 heteroatoms. The van der Waals surface area contributed by atoms with E-state index in [4.69, 9.17) is 10.5 Å². The maximum atomic E-state index is 13.6. The van der Waals surface area contributed by atoms with Crippen LogP contribution in [0.5, 0.6) is 5.75 Å². The molecule has 2 aromatic carbocycles. The van der Waals surface area contributed by atoms with Crippen LogP contribution >= 0.6 is 0 Å². The molecular formula is C23H22FN5O4S. The summed E-state index contributed by atoms with van der Waals surface area (Å²) in [6.07, 6.45) is 2.99. The minimum absolute atomic E-state index is 0.00264. The topological polar surface area (TPSA) is 129 Å². The molecule has 0 unspecified atom stereocenters. The Bertz CT molecular complexity index is 1520. The van der Waals surface area contributed by atoms with Gasteiger partial charge < -0.3 is 15.0 Å². The van der Waals surface area contributed by atoms with Gasteiger partial charge in [0.25, 0.3) is 10.0 Å². The van der Waals surface area contributed by atoms with Gasteiger partial charge in [0.1, 0.15) is 29.4 Å². The van der Waals surface area contributed by atoms with E-state index in [0.29, 0.717) is 11.0 Å². The number of nitrogens with zero attached hydrogens (tertiary/aromatic N) is 3. The Kier molecular flexibility index (Phi) is 5.96. The van der Waals surface area contributed by atoms with E-state index >= 15 is 0 Å². The van der Waals surface area contributed by atoms with Crippen molar-refractivity contribution in [1.82, 2.24) is 14.5 Å². The average molecular weight is 484 g/mol. The first-order valence-corrected chi connectivity index (χ1v) is 11.7. The fourth-order valence-electron chi connectivity index (χ4n) is 3.60. The van der Waals surface area contributed by atoms with Crippen LogP contribution in [0.15, 0.2) is 59.9 Å². The highest BCUT2D eigenvalue weighted by Gasteiger charge is 2.23. The van der Waals surface area contributed by atoms with Gasteiger partial charge in [0, 0.05) is 17.8 Å². The lowest BCUT2D eigenvalue weighted by molar-refractivity contribution is 0.104. The molecule has 9 nitrogen and oxygen atoms in total. The predicted octanol–water partition coefficient (Wildman–Crippen LogP) is 3.77. The second kappa shape index (κ2) is 8.75. The van der Waals surface area contributed by atoms with Crippen LogP contribution in [0, 0.1) is 5.82 Å². The van der Waals surface area contributed by atoms with Crippen LogP contribution < -0.4 is 15.2 Å². The number of hydrogen-bond donors (Lipinski definition) is 2. The molecule has 0 atom stereocenters. The zero-order chi connectivity index (χ0) is 24.6. The molecule has 0 fully saturated rings. The number of rotatable bonds is 7. The van der Waals surface area contributed by atoms with Crippen molar-refractivity contribution in [2.75, 3.05) is 17.6 Å². The molecule has 0 radical (unpaired) electrons. The van der Waals surface area contributed by atoms with Crippen LogP contribution in [0.25, 0.3) is 11.0 Å². The van der Waals surface area contributed by atoms with Crippen LogP contribution in [0.2, 0.25) is 0 Å². The number of methoxy groups -OCH3 is 1. The minimum atomic E-state index is -4.15. The van der Waals surface area contributed by atoms with E-state index < -0.39 is 21.6 Å². The lowest BCUT2D eigenvalue weighted by Gasteiger charge is -2.13. The molecule has 0 aliphatic carbocycles. The second-order valence-electron chi connectivity index (χ2n) is 7.81. The maximum absolute atomic E-state index is 13.6. The molecule has 4 aromatic rings. The molecule has 34 heavy (non-hydrogen) atoms. The highest BCUT2D eigenvalue weighted by molar-refractivity contribution is 7.92. The lowest BCUT2D eigenvalue weighted by Crippen LogP contribution is -2.14. The van der Waals surface area contributed by atoms with Crippen molar-refractivity contribution in [1.29, 1.82) is 0 Å². The predicted molar refractivity (Wildman–Crippen MR) is 126 cm³/mol. The number of nitrogens with one attached hydrogen (secondary N) is 1. The number of carbonyl (C=O) groups is 1. The number of ether oxygens (including phenoxy) is 1. The van der Waals surface area contributed by atoms with Gasteiger partial charge in [0.15, 0.2) is 5.78 Å². The largest absolute Gasteiger partial charge is 0.495 e. The van der Waals surface area contributed by atoms with E-state index in [1.165, 1.54) is 43.8 Å². The van der Waals surface area contributed by atoms with Crippen LogP contribution in [0.4, 0.5) is 15.9 Å². The molecule has 2 heterocycles. The molecule has 0 saturated carbocycles. The van der Waals surface area contributed by atoms with Gasteiger partial charge in [-0.3, -0.25) is 9.52 Å². The van der Waals surface area contributed by atoms with Gasteiger partial charge in [-0.2, -0.15) is 0 Å². The molecule has 0 bridgehead atoms. The van der Waals surface area contributed by atoms with Crippen molar-refractivity contribution in [3.63, 3.8) is 0 Å². The number of aromatic nitrogens is 3. The number of benzene rings is 2. The summed E-state index contributed by atoms with van der Waals surface area (Å²) in [4.78, 5) is 21.5. The summed E-state index contributed by atoms with van der Waals surface area (Å²) in [5.74, 6) is -0.753. The Morgan fingerprint density at radius 1 is 1.18 bits per heavy atom. The van der Waals surface area contributed by atoms with Crippen LogP contribution in [-0.4, -0.2) is 35.8 Å². The highest BCUT2D eigenvalue weighted by Crippen LogP contribution is 2.32. The molecular weight excluding hydrogens is 461 g/mol. The summed E-state index contributed by atoms with van der Waals surface area (Å²) in [5.41, 5.74) is 7.07. The number of nitrogens with two attached hydrogens (primary N) is 1. The van der Waals surface area contributed by atoms with Crippen molar-refractivity contribution in [3.05, 3.63) is 71.9 Å². The third kappa shape index (κ3) is 4.17. The van der Waals surface area contributed by atoms with Gasteiger partial charge in [-0.1, -0.05) is 6.07 Å². The van der Waals surface area contributed by atoms with Crippen molar-refractivity contribution >= 4 is 38.3 Å². The van der Waals surface area contributed by atoms with Gasteiger partial charge in [-0.25, -0.2) is 22.8 Å². The second-order valence-corrected chi connectivity index (χ2v) is 9.49. The summed E-state index contributed by atoms with van der Waals surface area (Å²) in [6, 6.07) is 8.93. The monoisotopic (exact) mass is 483 g/mol. The number of carbonyl (C=O) groups excluding carboxylic acids is 1. The minimum Gasteiger partial charge on any atom is -0.495 e. The Labute approximate surface area is 195 Å². The Balaban J connectivity index is 1.79. The van der Waals surface area contributed by atoms with Crippen molar-refractivity contribution in [2.24, 2.45) is 0 Å². The Hall–Kier alpha value is -3.99. The number of sulfonamides is 1. The number of hydrogen-bond acceptors (Lipinski definition) is 7. The summed E-state index contributed by atoms with van der Waals surface area (Å²) in [7, 11) is -2.78. The Morgan fingerprint density at radius 2 is 1.94 bits per heavy atom. The van der Waals surface area contributed by atoms with Crippen molar-refractivity contribution in [2.45, 2.75) is 24.8 Å². The summed E-state index contributed by atoms with van der Waals surface area (Å²) >= 11 is 0. The highest BCUT2D eigenvalue weighted by atomic mass is 32.2. The molecule has 0 aliphatic heterocycles. The summed E-state index contributed by atoms with van der Waals surface area (Å²) in [6.45, 7) is 3.89. The van der Waals surface area contributed by atoms with Gasteiger partial charge in [-0.15, -0.1) is 0 Å². The number of nitrogen functional groups attached to an aromatic ring is 1. The van der Waals surface area contributed by atoms with E-state index in [1.54, 1.807) is 6.20 Å². The van der Waals surface area contributed by atoms with E-state index in [2.05, 4.69) is 14.7 Å². The van der Waals surface area contributed by atoms with Crippen molar-refractivity contribution in [3.8, 4) is 5.75 Å². The molecule has 3 N–H and O–H groups in total. The molecule has 0 amide bonds. The summed E-state index contributed by atoms with van der Waals surface area (Å²) in [5, 5.41) is 0.416. The molecule has 0 spiro atoms. The lowest BCUT2D eigenvalue weighted by atomic mass is 10.0. The zero-order valence-corrected chi connectivity index (χ0v) is 19.4. The first-order chi connectivity index (χ1) is 16.1. The smallest absolute Gasteiger partial charge is 0.262 e. The summed E-state index contributed by atoms with van der Waals surface area (Å²) < 4.78 is 48.7. The van der Waals surface area contributed by atoms with Crippen LogP contribution in [0.3, 0.4) is 0 Å². The number of fused-ring (bicyclic) bond motifs is 1. The van der Waals surface area contributed by atoms with Gasteiger partial charge in [0.05, 0.1) is 28.6 Å². The van der Waals surface area contributed by atoms with Crippen LogP contribution in [-0.2, 0) is 10.0 Å². The first kappa shape index (κ1) is 23.2. The van der Waals surface area contributed by atoms with Crippen LogP contribution in [0.1, 0.15) is 35.8 Å². The van der Waals surface area contributed by atoms with Gasteiger partial charge in [0.2, 0.25) is 0 Å². The number of halogens is 1. The van der Waals surface area contributed by atoms with Gasteiger partial charge >= 0.3 is 0 Å². The third-order valence-electron chi connectivity index (χ3n) is 5.25. The average Bonchev–Trinajstić information content (AvgIpc) is 3.20. The Morgan fingerprint density at radius 3 is 2.62 bits per heavy atom. The number of anilines is 2. The number of ketones is 1. The quantitative estimate of drug-likeness (QED) is 0.383. The van der Waals surface area contributed by atoms with E-state index in [-0.39, 0.29) is 39.3 Å². The fraction of sp³-hybridized carbons (Fsp3) is 0.174. The molecule has 0 saturated heterocycles.